The first kappa shape index (κ1) is 15.0. The number of hydrogen-bond acceptors (Lipinski definition) is 3. The molecular formula is C12H12BrF3N4. The summed E-state index contributed by atoms with van der Waals surface area (Å²) in [6, 6.07) is 3.10. The van der Waals surface area contributed by atoms with Gasteiger partial charge in [-0.3, -0.25) is 5.84 Å². The summed E-state index contributed by atoms with van der Waals surface area (Å²) >= 11 is 3.05. The summed E-state index contributed by atoms with van der Waals surface area (Å²) in [6.45, 7) is 0. The molecule has 4 nitrogen and oxygen atoms in total. The van der Waals surface area contributed by atoms with Crippen LogP contribution in [0.4, 0.5) is 13.2 Å². The third-order valence-corrected chi connectivity index (χ3v) is 3.41. The molecule has 0 aliphatic heterocycles. The van der Waals surface area contributed by atoms with Crippen LogP contribution in [0.1, 0.15) is 23.0 Å². The minimum atomic E-state index is -4.47. The lowest BCUT2D eigenvalue weighted by molar-refractivity contribution is -0.138. The minimum absolute atomic E-state index is 0.0255. The zero-order valence-electron chi connectivity index (χ0n) is 10.4. The van der Waals surface area contributed by atoms with Crippen molar-refractivity contribution in [2.75, 3.05) is 0 Å². The maximum absolute atomic E-state index is 13.2. The SMILES string of the molecule is Cn1ccnc1C(NN)c1ccc(Br)cc1C(F)(F)F. The zero-order chi connectivity index (χ0) is 14.9. The van der Waals surface area contributed by atoms with Crippen molar-refractivity contribution in [1.29, 1.82) is 0 Å². The number of benzene rings is 1. The van der Waals surface area contributed by atoms with Crippen LogP contribution in [0.2, 0.25) is 0 Å². The van der Waals surface area contributed by atoms with Crippen LogP contribution in [0.15, 0.2) is 35.1 Å². The maximum atomic E-state index is 13.2. The molecule has 2 rings (SSSR count). The normalized spacial score (nSPS) is 13.5. The van der Waals surface area contributed by atoms with Gasteiger partial charge in [-0.15, -0.1) is 0 Å². The molecule has 1 heterocycles. The summed E-state index contributed by atoms with van der Waals surface area (Å²) in [5.74, 6) is 5.84. The second-order valence-corrected chi connectivity index (χ2v) is 5.14. The fourth-order valence-corrected chi connectivity index (χ4v) is 2.35. The molecule has 0 spiro atoms. The van der Waals surface area contributed by atoms with Gasteiger partial charge in [-0.2, -0.15) is 13.2 Å². The number of hydrazine groups is 1. The molecule has 3 N–H and O–H groups in total. The number of nitrogens with two attached hydrogens (primary N) is 1. The average Bonchev–Trinajstić information content (AvgIpc) is 2.77. The standard InChI is InChI=1S/C12H12BrF3N4/c1-20-5-4-18-11(20)10(19-17)8-3-2-7(13)6-9(8)12(14,15)16/h2-6,10,19H,17H2,1H3. The highest BCUT2D eigenvalue weighted by Crippen LogP contribution is 2.37. The largest absolute Gasteiger partial charge is 0.416 e. The quantitative estimate of drug-likeness (QED) is 0.662. The van der Waals surface area contributed by atoms with Crippen molar-refractivity contribution in [3.05, 3.63) is 52.0 Å². The van der Waals surface area contributed by atoms with Crippen molar-refractivity contribution in [2.45, 2.75) is 12.2 Å². The molecule has 0 saturated heterocycles. The first-order valence-electron chi connectivity index (χ1n) is 5.64. The Bertz CT molecular complexity index is 609. The molecule has 2 aromatic rings. The van der Waals surface area contributed by atoms with Crippen molar-refractivity contribution in [2.24, 2.45) is 12.9 Å². The Kier molecular flexibility index (Phi) is 4.17. The number of imidazole rings is 1. The number of rotatable bonds is 3. The highest BCUT2D eigenvalue weighted by atomic mass is 79.9. The van der Waals surface area contributed by atoms with E-state index in [1.165, 1.54) is 18.3 Å². The van der Waals surface area contributed by atoms with Gasteiger partial charge in [-0.1, -0.05) is 22.0 Å². The Morgan fingerprint density at radius 3 is 2.60 bits per heavy atom. The molecule has 0 aliphatic rings. The fraction of sp³-hybridized carbons (Fsp3) is 0.250. The third-order valence-electron chi connectivity index (χ3n) is 2.92. The van der Waals surface area contributed by atoms with Gasteiger partial charge in [-0.25, -0.2) is 10.4 Å². The zero-order valence-corrected chi connectivity index (χ0v) is 12.0. The summed E-state index contributed by atoms with van der Waals surface area (Å²) in [4.78, 5) is 4.05. The predicted molar refractivity (Wildman–Crippen MR) is 71.5 cm³/mol. The van der Waals surface area contributed by atoms with E-state index in [4.69, 9.17) is 5.84 Å². The molecule has 20 heavy (non-hydrogen) atoms. The van der Waals surface area contributed by atoms with Crippen molar-refractivity contribution in [3.8, 4) is 0 Å². The van der Waals surface area contributed by atoms with Gasteiger partial charge in [0.2, 0.25) is 0 Å². The van der Waals surface area contributed by atoms with Crippen LogP contribution < -0.4 is 11.3 Å². The molecule has 1 atom stereocenters. The maximum Gasteiger partial charge on any atom is 0.416 e. The van der Waals surface area contributed by atoms with E-state index >= 15 is 0 Å². The number of aryl methyl sites for hydroxylation is 1. The van der Waals surface area contributed by atoms with Crippen LogP contribution in [-0.2, 0) is 13.2 Å². The number of halogens is 4. The van der Waals surface area contributed by atoms with E-state index in [0.29, 0.717) is 10.3 Å². The Hall–Kier alpha value is -1.38. The molecule has 1 unspecified atom stereocenters. The molecule has 1 aromatic carbocycles. The van der Waals surface area contributed by atoms with Gasteiger partial charge in [0.1, 0.15) is 11.9 Å². The van der Waals surface area contributed by atoms with Gasteiger partial charge in [0.15, 0.2) is 0 Å². The van der Waals surface area contributed by atoms with E-state index < -0.39 is 17.8 Å². The minimum Gasteiger partial charge on any atom is -0.336 e. The van der Waals surface area contributed by atoms with Crippen molar-refractivity contribution >= 4 is 15.9 Å². The Balaban J connectivity index is 2.59. The first-order chi connectivity index (χ1) is 9.34. The monoisotopic (exact) mass is 348 g/mol. The molecule has 0 bridgehead atoms. The van der Waals surface area contributed by atoms with Gasteiger partial charge < -0.3 is 4.57 Å². The molecule has 0 radical (unpaired) electrons. The lowest BCUT2D eigenvalue weighted by atomic mass is 9.99. The highest BCUT2D eigenvalue weighted by Gasteiger charge is 2.36. The lowest BCUT2D eigenvalue weighted by Crippen LogP contribution is -2.32. The van der Waals surface area contributed by atoms with Crippen LogP contribution in [0.3, 0.4) is 0 Å². The number of aromatic nitrogens is 2. The molecular weight excluding hydrogens is 337 g/mol. The van der Waals surface area contributed by atoms with Gasteiger partial charge in [0.25, 0.3) is 0 Å². The van der Waals surface area contributed by atoms with Crippen LogP contribution in [0.5, 0.6) is 0 Å². The Morgan fingerprint density at radius 1 is 1.40 bits per heavy atom. The molecule has 0 aliphatic carbocycles. The Labute approximate surface area is 121 Å². The summed E-state index contributed by atoms with van der Waals surface area (Å²) in [5.41, 5.74) is 1.67. The second-order valence-electron chi connectivity index (χ2n) is 4.23. The van der Waals surface area contributed by atoms with Crippen LogP contribution >= 0.6 is 15.9 Å². The number of hydrogen-bond donors (Lipinski definition) is 2. The van der Waals surface area contributed by atoms with Crippen LogP contribution in [0.25, 0.3) is 0 Å². The summed E-state index contributed by atoms with van der Waals surface area (Å²) in [5, 5.41) is 0. The first-order valence-corrected chi connectivity index (χ1v) is 6.44. The summed E-state index contributed by atoms with van der Waals surface area (Å²) in [6.07, 6.45) is -1.32. The van der Waals surface area contributed by atoms with Crippen molar-refractivity contribution < 1.29 is 13.2 Å². The van der Waals surface area contributed by atoms with Crippen LogP contribution in [-0.4, -0.2) is 9.55 Å². The van der Waals surface area contributed by atoms with Gasteiger partial charge in [0.05, 0.1) is 5.56 Å². The van der Waals surface area contributed by atoms with E-state index in [1.54, 1.807) is 17.8 Å². The van der Waals surface area contributed by atoms with E-state index in [2.05, 4.69) is 26.3 Å². The predicted octanol–water partition coefficient (Wildman–Crippen LogP) is 2.75. The van der Waals surface area contributed by atoms with E-state index in [0.717, 1.165) is 6.07 Å². The fourth-order valence-electron chi connectivity index (χ4n) is 1.98. The van der Waals surface area contributed by atoms with Gasteiger partial charge >= 0.3 is 6.18 Å². The summed E-state index contributed by atoms with van der Waals surface area (Å²) in [7, 11) is 1.69. The van der Waals surface area contributed by atoms with E-state index in [-0.39, 0.29) is 5.56 Å². The van der Waals surface area contributed by atoms with Crippen molar-refractivity contribution in [3.63, 3.8) is 0 Å². The van der Waals surface area contributed by atoms with Crippen LogP contribution in [0, 0.1) is 0 Å². The van der Waals surface area contributed by atoms with Gasteiger partial charge in [0, 0.05) is 23.9 Å². The number of nitrogens with zero attached hydrogens (tertiary/aromatic N) is 2. The third kappa shape index (κ3) is 2.87. The molecule has 0 saturated carbocycles. The average molecular weight is 349 g/mol. The van der Waals surface area contributed by atoms with Gasteiger partial charge in [-0.05, 0) is 17.7 Å². The molecule has 108 valence electrons. The smallest absolute Gasteiger partial charge is 0.336 e. The molecule has 1 aromatic heterocycles. The molecule has 8 heteroatoms. The topological polar surface area (TPSA) is 55.9 Å². The Morgan fingerprint density at radius 2 is 2.10 bits per heavy atom. The number of nitrogens with one attached hydrogen (secondary N) is 1. The van der Waals surface area contributed by atoms with E-state index in [9.17, 15) is 13.2 Å². The lowest BCUT2D eigenvalue weighted by Gasteiger charge is -2.21. The molecule has 0 amide bonds. The van der Waals surface area contributed by atoms with Crippen molar-refractivity contribution in [1.82, 2.24) is 15.0 Å². The number of alkyl halides is 3. The summed E-state index contributed by atoms with van der Waals surface area (Å²) < 4.78 is 41.4. The van der Waals surface area contributed by atoms with E-state index in [1.807, 2.05) is 0 Å². The molecule has 0 fully saturated rings. The highest BCUT2D eigenvalue weighted by molar-refractivity contribution is 9.10. The second kappa shape index (κ2) is 5.55.